The summed E-state index contributed by atoms with van der Waals surface area (Å²) in [6, 6.07) is 5.42. The van der Waals surface area contributed by atoms with E-state index in [0.29, 0.717) is 34.5 Å². The van der Waals surface area contributed by atoms with Crippen molar-refractivity contribution in [3.05, 3.63) is 24.5 Å². The molecule has 0 amide bonds. The summed E-state index contributed by atoms with van der Waals surface area (Å²) in [5, 5.41) is 3.16. The summed E-state index contributed by atoms with van der Waals surface area (Å²) >= 11 is 0. The van der Waals surface area contributed by atoms with Crippen molar-refractivity contribution in [1.82, 2.24) is 15.4 Å². The molecule has 0 saturated heterocycles. The molecular formula is C16H24N6O2. The molecule has 5 N–H and O–H groups in total. The van der Waals surface area contributed by atoms with E-state index in [0.717, 1.165) is 0 Å². The van der Waals surface area contributed by atoms with E-state index in [9.17, 15) is 0 Å². The van der Waals surface area contributed by atoms with Crippen LogP contribution in [-0.4, -0.2) is 29.7 Å². The molecule has 24 heavy (non-hydrogen) atoms. The van der Waals surface area contributed by atoms with Crippen LogP contribution < -0.4 is 31.4 Å². The van der Waals surface area contributed by atoms with Crippen molar-refractivity contribution < 1.29 is 9.47 Å². The van der Waals surface area contributed by atoms with Gasteiger partial charge >= 0.3 is 0 Å². The minimum Gasteiger partial charge on any atom is -0.497 e. The molecule has 0 aliphatic carbocycles. The summed E-state index contributed by atoms with van der Waals surface area (Å²) in [6.45, 7) is 6.08. The fourth-order valence-electron chi connectivity index (χ4n) is 1.88. The molecule has 0 saturated carbocycles. The zero-order valence-electron chi connectivity index (χ0n) is 14.6. The van der Waals surface area contributed by atoms with Crippen molar-refractivity contribution >= 4 is 23.0 Å². The highest BCUT2D eigenvalue weighted by atomic mass is 16.5. The minimum absolute atomic E-state index is 0.138. The Morgan fingerprint density at radius 3 is 2.38 bits per heavy atom. The number of nitrogens with zero attached hydrogens (tertiary/aromatic N) is 2. The van der Waals surface area contributed by atoms with Crippen LogP contribution in [0.3, 0.4) is 0 Å². The van der Waals surface area contributed by atoms with Crippen LogP contribution in [0.2, 0.25) is 0 Å². The van der Waals surface area contributed by atoms with E-state index < -0.39 is 0 Å². The molecule has 0 radical (unpaired) electrons. The zero-order valence-corrected chi connectivity index (χ0v) is 14.6. The first-order chi connectivity index (χ1) is 11.3. The van der Waals surface area contributed by atoms with Crippen LogP contribution in [0.1, 0.15) is 20.8 Å². The number of anilines is 4. The van der Waals surface area contributed by atoms with Crippen molar-refractivity contribution in [3.8, 4) is 11.5 Å². The maximum Gasteiger partial charge on any atom is 0.169 e. The summed E-state index contributed by atoms with van der Waals surface area (Å²) < 4.78 is 10.6. The first-order valence-corrected chi connectivity index (χ1v) is 7.47. The minimum atomic E-state index is -0.138. The molecule has 130 valence electrons. The number of hydrogen-bond acceptors (Lipinski definition) is 8. The number of hydrogen-bond donors (Lipinski definition) is 4. The second-order valence-electron chi connectivity index (χ2n) is 6.18. The molecule has 1 aromatic heterocycles. The second kappa shape index (κ2) is 7.22. The van der Waals surface area contributed by atoms with Gasteiger partial charge in [-0.3, -0.25) is 0 Å². The van der Waals surface area contributed by atoms with E-state index in [1.54, 1.807) is 26.4 Å². The van der Waals surface area contributed by atoms with Gasteiger partial charge in [0.15, 0.2) is 11.6 Å². The molecule has 8 nitrogen and oxygen atoms in total. The van der Waals surface area contributed by atoms with Crippen LogP contribution in [0, 0.1) is 0 Å². The van der Waals surface area contributed by atoms with Gasteiger partial charge in [-0.2, -0.15) is 0 Å². The fourth-order valence-corrected chi connectivity index (χ4v) is 1.88. The number of nitrogens with two attached hydrogens (primary N) is 1. The van der Waals surface area contributed by atoms with E-state index in [1.807, 2.05) is 26.8 Å². The average molecular weight is 332 g/mol. The Balaban J connectivity index is 2.27. The molecule has 1 aromatic carbocycles. The third-order valence-electron chi connectivity index (χ3n) is 3.10. The first kappa shape index (κ1) is 17.6. The molecule has 0 aliphatic heterocycles. The van der Waals surface area contributed by atoms with Gasteiger partial charge in [0.2, 0.25) is 0 Å². The molecule has 0 unspecified atom stereocenters. The lowest BCUT2D eigenvalue weighted by atomic mass is 10.1. The molecular weight excluding hydrogens is 308 g/mol. The molecule has 0 spiro atoms. The molecule has 2 aromatic rings. The largest absolute Gasteiger partial charge is 0.497 e. The van der Waals surface area contributed by atoms with E-state index in [1.165, 1.54) is 6.33 Å². The van der Waals surface area contributed by atoms with Gasteiger partial charge in [-0.1, -0.05) is 0 Å². The van der Waals surface area contributed by atoms with Gasteiger partial charge in [-0.15, -0.1) is 0 Å². The van der Waals surface area contributed by atoms with Gasteiger partial charge in [-0.05, 0) is 32.9 Å². The van der Waals surface area contributed by atoms with Crippen LogP contribution in [0.4, 0.5) is 23.0 Å². The smallest absolute Gasteiger partial charge is 0.169 e. The zero-order chi connectivity index (χ0) is 17.7. The highest BCUT2D eigenvalue weighted by Crippen LogP contribution is 2.33. The Hall–Kier alpha value is -2.74. The standard InChI is InChI=1S/C16H24N6O2/c1-16(2,3)22-21-15-13(17)14(18-9-19-15)20-11-8-10(23-4)6-7-12(11)24-5/h6-9,22H,17H2,1-5H3,(H2,18,19,20,21). The van der Waals surface area contributed by atoms with Gasteiger partial charge < -0.3 is 25.9 Å². The lowest BCUT2D eigenvalue weighted by molar-refractivity contribution is 0.405. The lowest BCUT2D eigenvalue weighted by Crippen LogP contribution is -2.40. The molecule has 0 atom stereocenters. The number of nitrogen functional groups attached to an aromatic ring is 1. The van der Waals surface area contributed by atoms with Crippen LogP contribution in [-0.2, 0) is 0 Å². The SMILES string of the molecule is COc1ccc(OC)c(Nc2ncnc(NNC(C)(C)C)c2N)c1. The normalized spacial score (nSPS) is 11.0. The Kier molecular flexibility index (Phi) is 5.30. The van der Waals surface area contributed by atoms with Crippen LogP contribution in [0.5, 0.6) is 11.5 Å². The van der Waals surface area contributed by atoms with E-state index in [-0.39, 0.29) is 5.54 Å². The summed E-state index contributed by atoms with van der Waals surface area (Å²) in [5.41, 5.74) is 13.2. The lowest BCUT2D eigenvalue weighted by Gasteiger charge is -2.22. The van der Waals surface area contributed by atoms with Crippen LogP contribution in [0.15, 0.2) is 24.5 Å². The Morgan fingerprint density at radius 1 is 1.04 bits per heavy atom. The molecule has 1 heterocycles. The first-order valence-electron chi connectivity index (χ1n) is 7.47. The Morgan fingerprint density at radius 2 is 1.75 bits per heavy atom. The average Bonchev–Trinajstić information content (AvgIpc) is 2.54. The summed E-state index contributed by atoms with van der Waals surface area (Å²) in [5.74, 6) is 2.30. The predicted octanol–water partition coefficient (Wildman–Crippen LogP) is 2.53. The van der Waals surface area contributed by atoms with E-state index in [2.05, 4.69) is 26.1 Å². The number of rotatable bonds is 6. The monoisotopic (exact) mass is 332 g/mol. The topological polar surface area (TPSA) is 106 Å². The van der Waals surface area contributed by atoms with Crippen molar-refractivity contribution in [2.45, 2.75) is 26.3 Å². The van der Waals surface area contributed by atoms with E-state index in [4.69, 9.17) is 15.2 Å². The molecule has 0 bridgehead atoms. The number of hydrazine groups is 1. The third kappa shape index (κ3) is 4.39. The highest BCUT2D eigenvalue weighted by Gasteiger charge is 2.14. The van der Waals surface area contributed by atoms with Gasteiger partial charge in [0.25, 0.3) is 0 Å². The van der Waals surface area contributed by atoms with Crippen LogP contribution >= 0.6 is 0 Å². The number of benzene rings is 1. The maximum atomic E-state index is 6.16. The summed E-state index contributed by atoms with van der Waals surface area (Å²) in [6.07, 6.45) is 1.43. The third-order valence-corrected chi connectivity index (χ3v) is 3.10. The van der Waals surface area contributed by atoms with E-state index >= 15 is 0 Å². The number of ether oxygens (including phenoxy) is 2. The highest BCUT2D eigenvalue weighted by molar-refractivity contribution is 5.79. The van der Waals surface area contributed by atoms with Gasteiger partial charge in [-0.25, -0.2) is 15.4 Å². The van der Waals surface area contributed by atoms with Crippen molar-refractivity contribution in [2.75, 3.05) is 30.7 Å². The Bertz CT molecular complexity index is 699. The van der Waals surface area contributed by atoms with Crippen molar-refractivity contribution in [2.24, 2.45) is 0 Å². The Labute approximate surface area is 141 Å². The van der Waals surface area contributed by atoms with Crippen LogP contribution in [0.25, 0.3) is 0 Å². The number of aromatic nitrogens is 2. The van der Waals surface area contributed by atoms with Gasteiger partial charge in [0, 0.05) is 11.6 Å². The second-order valence-corrected chi connectivity index (χ2v) is 6.18. The maximum absolute atomic E-state index is 6.16. The number of methoxy groups -OCH3 is 2. The fraction of sp³-hybridized carbons (Fsp3) is 0.375. The summed E-state index contributed by atoms with van der Waals surface area (Å²) in [4.78, 5) is 8.35. The molecule has 0 aliphatic rings. The van der Waals surface area contributed by atoms with Crippen molar-refractivity contribution in [3.63, 3.8) is 0 Å². The molecule has 2 rings (SSSR count). The van der Waals surface area contributed by atoms with Crippen molar-refractivity contribution in [1.29, 1.82) is 0 Å². The molecule has 0 fully saturated rings. The summed E-state index contributed by atoms with van der Waals surface area (Å²) in [7, 11) is 3.20. The molecule has 8 heteroatoms. The predicted molar refractivity (Wildman–Crippen MR) is 95.8 cm³/mol. The number of nitrogens with one attached hydrogen (secondary N) is 3. The van der Waals surface area contributed by atoms with Gasteiger partial charge in [0.05, 0.1) is 19.9 Å². The van der Waals surface area contributed by atoms with Gasteiger partial charge in [0.1, 0.15) is 23.5 Å². The quantitative estimate of drug-likeness (QED) is 0.598.